The van der Waals surface area contributed by atoms with Gasteiger partial charge in [-0.25, -0.2) is 4.79 Å². The first-order valence-electron chi connectivity index (χ1n) is 6.04. The highest BCUT2D eigenvalue weighted by Gasteiger charge is 2.18. The summed E-state index contributed by atoms with van der Waals surface area (Å²) < 4.78 is 4.97. The summed E-state index contributed by atoms with van der Waals surface area (Å²) in [7, 11) is 0. The maximum atomic E-state index is 11.9. The van der Waals surface area contributed by atoms with Gasteiger partial charge in [-0.1, -0.05) is 12.1 Å². The van der Waals surface area contributed by atoms with Gasteiger partial charge in [0.15, 0.2) is 6.61 Å². The van der Waals surface area contributed by atoms with Crippen LogP contribution in [0.1, 0.15) is 36.7 Å². The summed E-state index contributed by atoms with van der Waals surface area (Å²) in [6.45, 7) is 7.01. The molecule has 0 atom stereocenters. The van der Waals surface area contributed by atoms with Gasteiger partial charge in [-0.15, -0.1) is 0 Å². The minimum Gasteiger partial charge on any atom is -0.452 e. The summed E-state index contributed by atoms with van der Waals surface area (Å²) >= 11 is 0. The molecule has 5 nitrogen and oxygen atoms in total. The van der Waals surface area contributed by atoms with Gasteiger partial charge in [-0.2, -0.15) is 0 Å². The zero-order valence-electron chi connectivity index (χ0n) is 11.7. The van der Waals surface area contributed by atoms with E-state index >= 15 is 0 Å². The number of nitrogens with one attached hydrogen (secondary N) is 1. The second kappa shape index (κ2) is 5.73. The molecule has 0 fully saturated rings. The quantitative estimate of drug-likeness (QED) is 0.642. The molecule has 0 radical (unpaired) electrons. The monoisotopic (exact) mass is 264 g/mol. The maximum Gasteiger partial charge on any atom is 0.341 e. The van der Waals surface area contributed by atoms with Crippen LogP contribution < -0.4 is 11.1 Å². The Kier molecular flexibility index (Phi) is 4.53. The number of anilines is 1. The Hall–Kier alpha value is -2.04. The Labute approximate surface area is 113 Å². The first-order valence-corrected chi connectivity index (χ1v) is 6.04. The molecule has 0 unspecified atom stereocenters. The van der Waals surface area contributed by atoms with Crippen LogP contribution in [0, 0.1) is 6.92 Å². The zero-order valence-corrected chi connectivity index (χ0v) is 11.7. The first-order chi connectivity index (χ1) is 8.70. The third-order valence-corrected chi connectivity index (χ3v) is 2.36. The molecule has 1 rings (SSSR count). The van der Waals surface area contributed by atoms with Crippen molar-refractivity contribution < 1.29 is 14.3 Å². The molecule has 0 heterocycles. The van der Waals surface area contributed by atoms with E-state index in [4.69, 9.17) is 10.5 Å². The number of hydrogen-bond acceptors (Lipinski definition) is 4. The molecule has 104 valence electrons. The third kappa shape index (κ3) is 4.62. The van der Waals surface area contributed by atoms with Crippen molar-refractivity contribution in [2.24, 2.45) is 0 Å². The van der Waals surface area contributed by atoms with E-state index in [0.717, 1.165) is 5.56 Å². The van der Waals surface area contributed by atoms with Gasteiger partial charge >= 0.3 is 5.97 Å². The van der Waals surface area contributed by atoms with E-state index in [2.05, 4.69) is 5.32 Å². The number of nitrogen functional groups attached to an aromatic ring is 1. The number of hydrogen-bond donors (Lipinski definition) is 2. The van der Waals surface area contributed by atoms with Gasteiger partial charge < -0.3 is 15.8 Å². The zero-order chi connectivity index (χ0) is 14.6. The van der Waals surface area contributed by atoms with Gasteiger partial charge in [0.05, 0.1) is 5.56 Å². The van der Waals surface area contributed by atoms with Crippen LogP contribution in [0.15, 0.2) is 18.2 Å². The number of aryl methyl sites for hydroxylation is 1. The van der Waals surface area contributed by atoms with E-state index in [1.807, 2.05) is 20.8 Å². The van der Waals surface area contributed by atoms with E-state index in [0.29, 0.717) is 11.3 Å². The molecule has 1 aromatic rings. The fourth-order valence-corrected chi connectivity index (χ4v) is 1.63. The second-order valence-electron chi connectivity index (χ2n) is 5.41. The Morgan fingerprint density at radius 2 is 1.95 bits per heavy atom. The second-order valence-corrected chi connectivity index (χ2v) is 5.41. The maximum absolute atomic E-state index is 11.9. The Morgan fingerprint density at radius 3 is 2.47 bits per heavy atom. The van der Waals surface area contributed by atoms with Gasteiger partial charge in [0.25, 0.3) is 5.91 Å². The molecule has 19 heavy (non-hydrogen) atoms. The molecular weight excluding hydrogens is 244 g/mol. The van der Waals surface area contributed by atoms with E-state index in [1.165, 1.54) is 0 Å². The van der Waals surface area contributed by atoms with Gasteiger partial charge in [-0.05, 0) is 39.3 Å². The molecule has 1 aromatic carbocycles. The van der Waals surface area contributed by atoms with Gasteiger partial charge in [0, 0.05) is 11.2 Å². The number of ether oxygens (including phenoxy) is 1. The number of amides is 1. The average Bonchev–Trinajstić information content (AvgIpc) is 2.23. The van der Waals surface area contributed by atoms with Crippen LogP contribution in [-0.4, -0.2) is 24.0 Å². The molecule has 0 aromatic heterocycles. The lowest BCUT2D eigenvalue weighted by Crippen LogP contribution is -2.42. The molecule has 5 heteroatoms. The Balaban J connectivity index is 2.64. The molecular formula is C14H20N2O3. The summed E-state index contributed by atoms with van der Waals surface area (Å²) in [5.74, 6) is -0.923. The Bertz CT molecular complexity index is 470. The number of esters is 1. The molecule has 3 N–H and O–H groups in total. The smallest absolute Gasteiger partial charge is 0.341 e. The number of rotatable bonds is 3. The van der Waals surface area contributed by atoms with Crippen LogP contribution in [-0.2, 0) is 9.53 Å². The minimum absolute atomic E-state index is 0.311. The third-order valence-electron chi connectivity index (χ3n) is 2.36. The van der Waals surface area contributed by atoms with E-state index in [1.54, 1.807) is 25.1 Å². The van der Waals surface area contributed by atoms with Crippen LogP contribution in [0.2, 0.25) is 0 Å². The number of carbonyl (C=O) groups excluding carboxylic acids is 2. The van der Waals surface area contributed by atoms with Crippen LogP contribution in [0.25, 0.3) is 0 Å². The standard InChI is InChI=1S/C14H20N2O3/c1-9-6-5-7-10(15)12(9)13(18)19-8-11(17)16-14(2,3)4/h5-7H,8,15H2,1-4H3,(H,16,17). The molecule has 0 spiro atoms. The topological polar surface area (TPSA) is 81.4 Å². The lowest BCUT2D eigenvalue weighted by atomic mass is 10.1. The average molecular weight is 264 g/mol. The molecule has 0 aliphatic rings. The van der Waals surface area contributed by atoms with Crippen LogP contribution >= 0.6 is 0 Å². The summed E-state index contributed by atoms with van der Waals surface area (Å²) in [6.07, 6.45) is 0. The highest BCUT2D eigenvalue weighted by atomic mass is 16.5. The summed E-state index contributed by atoms with van der Waals surface area (Å²) in [5.41, 5.74) is 6.76. The van der Waals surface area contributed by atoms with E-state index in [-0.39, 0.29) is 18.1 Å². The van der Waals surface area contributed by atoms with Gasteiger partial charge in [-0.3, -0.25) is 4.79 Å². The number of nitrogens with two attached hydrogens (primary N) is 1. The SMILES string of the molecule is Cc1cccc(N)c1C(=O)OCC(=O)NC(C)(C)C. The van der Waals surface area contributed by atoms with Crippen molar-refractivity contribution in [3.05, 3.63) is 29.3 Å². The van der Waals surface area contributed by atoms with E-state index in [9.17, 15) is 9.59 Å². The van der Waals surface area contributed by atoms with Crippen LogP contribution in [0.5, 0.6) is 0 Å². The molecule has 1 amide bonds. The molecule has 0 bridgehead atoms. The normalized spacial score (nSPS) is 10.9. The Morgan fingerprint density at radius 1 is 1.32 bits per heavy atom. The summed E-state index contributed by atoms with van der Waals surface area (Å²) in [6, 6.07) is 5.15. The first kappa shape index (κ1) is 15.0. The van der Waals surface area contributed by atoms with Crippen molar-refractivity contribution in [1.82, 2.24) is 5.32 Å². The van der Waals surface area contributed by atoms with Crippen LogP contribution in [0.3, 0.4) is 0 Å². The largest absolute Gasteiger partial charge is 0.452 e. The molecule has 0 aliphatic heterocycles. The van der Waals surface area contributed by atoms with Crippen LogP contribution in [0.4, 0.5) is 5.69 Å². The molecule has 0 aliphatic carbocycles. The lowest BCUT2D eigenvalue weighted by Gasteiger charge is -2.20. The molecule has 0 saturated carbocycles. The highest BCUT2D eigenvalue weighted by Crippen LogP contribution is 2.17. The fraction of sp³-hybridized carbons (Fsp3) is 0.429. The van der Waals surface area contributed by atoms with Gasteiger partial charge in [0.1, 0.15) is 0 Å². The minimum atomic E-state index is -0.584. The van der Waals surface area contributed by atoms with Gasteiger partial charge in [0.2, 0.25) is 0 Å². The van der Waals surface area contributed by atoms with Crippen molar-refractivity contribution in [3.8, 4) is 0 Å². The van der Waals surface area contributed by atoms with E-state index < -0.39 is 5.97 Å². The highest BCUT2D eigenvalue weighted by molar-refractivity contribution is 5.97. The van der Waals surface area contributed by atoms with Crippen molar-refractivity contribution >= 4 is 17.6 Å². The number of carbonyl (C=O) groups is 2. The summed E-state index contributed by atoms with van der Waals surface area (Å²) in [5, 5.41) is 2.71. The number of benzene rings is 1. The van der Waals surface area contributed by atoms with Crippen molar-refractivity contribution in [1.29, 1.82) is 0 Å². The van der Waals surface area contributed by atoms with Crippen molar-refractivity contribution in [3.63, 3.8) is 0 Å². The predicted molar refractivity (Wildman–Crippen MR) is 73.8 cm³/mol. The fourth-order valence-electron chi connectivity index (χ4n) is 1.63. The predicted octanol–water partition coefficient (Wildman–Crippen LogP) is 1.65. The summed E-state index contributed by atoms with van der Waals surface area (Å²) in [4.78, 5) is 23.4. The molecule has 0 saturated heterocycles. The van der Waals surface area contributed by atoms with Crippen molar-refractivity contribution in [2.75, 3.05) is 12.3 Å². The lowest BCUT2D eigenvalue weighted by molar-refractivity contribution is -0.125. The van der Waals surface area contributed by atoms with Crippen molar-refractivity contribution in [2.45, 2.75) is 33.2 Å².